The van der Waals surface area contributed by atoms with Crippen LogP contribution < -0.4 is 4.90 Å². The van der Waals surface area contributed by atoms with Crippen molar-refractivity contribution < 1.29 is 4.79 Å². The van der Waals surface area contributed by atoms with Crippen LogP contribution in [0.5, 0.6) is 0 Å². The molecule has 0 aliphatic carbocycles. The lowest BCUT2D eigenvalue weighted by Gasteiger charge is -2.22. The normalized spacial score (nSPS) is 10.5. The van der Waals surface area contributed by atoms with Crippen LogP contribution in [0.4, 0.5) is 11.6 Å². The van der Waals surface area contributed by atoms with Gasteiger partial charge in [0.1, 0.15) is 0 Å². The van der Waals surface area contributed by atoms with E-state index in [1.807, 2.05) is 72.2 Å². The molecule has 0 saturated heterocycles. The molecule has 0 radical (unpaired) electrons. The molecule has 0 bridgehead atoms. The summed E-state index contributed by atoms with van der Waals surface area (Å²) in [7, 11) is 0. The summed E-state index contributed by atoms with van der Waals surface area (Å²) >= 11 is 0. The van der Waals surface area contributed by atoms with Crippen LogP contribution in [0.1, 0.15) is 12.6 Å². The van der Waals surface area contributed by atoms with E-state index in [0.29, 0.717) is 5.95 Å². The predicted octanol–water partition coefficient (Wildman–Crippen LogP) is 3.87. The summed E-state index contributed by atoms with van der Waals surface area (Å²) < 4.78 is 1.98. The van der Waals surface area contributed by atoms with Crippen LogP contribution in [-0.2, 0) is 4.79 Å². The smallest absolute Gasteiger partial charge is 0.230 e. The Morgan fingerprint density at radius 2 is 1.59 bits per heavy atom. The summed E-state index contributed by atoms with van der Waals surface area (Å²) in [6.45, 7) is 3.53. The molecule has 0 spiro atoms. The topological polar surface area (TPSA) is 38.1 Å². The average Bonchev–Trinajstić information content (AvgIpc) is 2.90. The number of aromatic nitrogens is 2. The van der Waals surface area contributed by atoms with Gasteiger partial charge in [0.15, 0.2) is 0 Å². The molecule has 3 rings (SSSR count). The van der Waals surface area contributed by atoms with Gasteiger partial charge in [-0.3, -0.25) is 14.3 Å². The third-order valence-electron chi connectivity index (χ3n) is 3.46. The van der Waals surface area contributed by atoms with Crippen LogP contribution in [-0.4, -0.2) is 15.5 Å². The van der Waals surface area contributed by atoms with E-state index in [0.717, 1.165) is 17.1 Å². The molecule has 0 aliphatic heterocycles. The highest BCUT2D eigenvalue weighted by atomic mass is 16.2. The van der Waals surface area contributed by atoms with Crippen molar-refractivity contribution >= 4 is 17.5 Å². The van der Waals surface area contributed by atoms with Crippen LogP contribution in [0.15, 0.2) is 66.9 Å². The number of carbonyl (C=O) groups is 1. The fraction of sp³-hybridized carbons (Fsp3) is 0.111. The predicted molar refractivity (Wildman–Crippen MR) is 87.6 cm³/mol. The van der Waals surface area contributed by atoms with E-state index in [-0.39, 0.29) is 5.91 Å². The Hall–Kier alpha value is -2.88. The molecule has 3 aromatic rings. The van der Waals surface area contributed by atoms with Gasteiger partial charge in [0.25, 0.3) is 0 Å². The van der Waals surface area contributed by atoms with Crippen molar-refractivity contribution in [1.82, 2.24) is 9.55 Å². The van der Waals surface area contributed by atoms with Gasteiger partial charge in [0.05, 0.1) is 11.9 Å². The monoisotopic (exact) mass is 291 g/mol. The molecule has 4 heteroatoms. The molecule has 4 nitrogen and oxygen atoms in total. The van der Waals surface area contributed by atoms with E-state index >= 15 is 0 Å². The van der Waals surface area contributed by atoms with Gasteiger partial charge in [-0.2, -0.15) is 0 Å². The maximum absolute atomic E-state index is 12.2. The average molecular weight is 291 g/mol. The first-order chi connectivity index (χ1) is 10.7. The van der Waals surface area contributed by atoms with Crippen molar-refractivity contribution in [3.05, 3.63) is 72.6 Å². The van der Waals surface area contributed by atoms with Crippen molar-refractivity contribution in [3.8, 4) is 5.69 Å². The molecule has 1 amide bonds. The Balaban J connectivity index is 2.17. The summed E-state index contributed by atoms with van der Waals surface area (Å²) in [5, 5.41) is 0. The number of rotatable bonds is 3. The highest BCUT2D eigenvalue weighted by molar-refractivity contribution is 5.97. The quantitative estimate of drug-likeness (QED) is 0.735. The zero-order valence-corrected chi connectivity index (χ0v) is 12.6. The first-order valence-electron chi connectivity index (χ1n) is 7.14. The number of imidazole rings is 1. The lowest BCUT2D eigenvalue weighted by Crippen LogP contribution is -2.26. The Morgan fingerprint density at radius 1 is 1.00 bits per heavy atom. The first-order valence-corrected chi connectivity index (χ1v) is 7.14. The number of hydrogen-bond acceptors (Lipinski definition) is 2. The third kappa shape index (κ3) is 2.51. The molecular formula is C18H17N3O. The fourth-order valence-corrected chi connectivity index (χ4v) is 2.49. The van der Waals surface area contributed by atoms with Gasteiger partial charge in [0, 0.05) is 18.3 Å². The highest BCUT2D eigenvalue weighted by Gasteiger charge is 2.21. The van der Waals surface area contributed by atoms with Crippen LogP contribution in [0, 0.1) is 6.92 Å². The third-order valence-corrected chi connectivity index (χ3v) is 3.46. The SMILES string of the molecule is CC(=O)N(c1ccccc1)c1ncc(C)n1-c1ccccc1. The van der Waals surface area contributed by atoms with Crippen molar-refractivity contribution in [2.45, 2.75) is 13.8 Å². The summed E-state index contributed by atoms with van der Waals surface area (Å²) in [4.78, 5) is 18.3. The van der Waals surface area contributed by atoms with Crippen molar-refractivity contribution in [3.63, 3.8) is 0 Å². The number of aryl methyl sites for hydroxylation is 1. The van der Waals surface area contributed by atoms with Crippen LogP contribution >= 0.6 is 0 Å². The van der Waals surface area contributed by atoms with Gasteiger partial charge in [-0.05, 0) is 31.2 Å². The molecule has 1 aromatic heterocycles. The number of para-hydroxylation sites is 2. The zero-order chi connectivity index (χ0) is 15.5. The Bertz CT molecular complexity index is 779. The molecule has 110 valence electrons. The number of nitrogens with zero attached hydrogens (tertiary/aromatic N) is 3. The van der Waals surface area contributed by atoms with Crippen molar-refractivity contribution in [2.24, 2.45) is 0 Å². The van der Waals surface area contributed by atoms with E-state index in [1.165, 1.54) is 0 Å². The lowest BCUT2D eigenvalue weighted by molar-refractivity contribution is -0.115. The minimum Gasteiger partial charge on any atom is -0.283 e. The van der Waals surface area contributed by atoms with E-state index in [1.54, 1.807) is 18.0 Å². The molecule has 0 N–H and O–H groups in total. The van der Waals surface area contributed by atoms with E-state index in [4.69, 9.17) is 0 Å². The fourth-order valence-electron chi connectivity index (χ4n) is 2.49. The summed E-state index contributed by atoms with van der Waals surface area (Å²) in [6, 6.07) is 19.5. The highest BCUT2D eigenvalue weighted by Crippen LogP contribution is 2.28. The van der Waals surface area contributed by atoms with Gasteiger partial charge >= 0.3 is 0 Å². The Kier molecular flexibility index (Phi) is 3.74. The molecule has 0 aliphatic rings. The van der Waals surface area contributed by atoms with E-state index in [2.05, 4.69) is 4.98 Å². The lowest BCUT2D eigenvalue weighted by atomic mass is 10.3. The number of benzene rings is 2. The molecule has 0 fully saturated rings. The van der Waals surface area contributed by atoms with Gasteiger partial charge in [0.2, 0.25) is 11.9 Å². The van der Waals surface area contributed by atoms with Gasteiger partial charge in [-0.25, -0.2) is 4.98 Å². The minimum atomic E-state index is -0.0750. The first kappa shape index (κ1) is 14.1. The molecule has 0 atom stereocenters. The van der Waals surface area contributed by atoms with Gasteiger partial charge in [-0.1, -0.05) is 36.4 Å². The summed E-state index contributed by atoms with van der Waals surface area (Å²) in [6.07, 6.45) is 1.78. The zero-order valence-electron chi connectivity index (χ0n) is 12.6. The number of amides is 1. The molecule has 0 unspecified atom stereocenters. The van der Waals surface area contributed by atoms with Crippen molar-refractivity contribution in [2.75, 3.05) is 4.90 Å². The number of carbonyl (C=O) groups excluding carboxylic acids is 1. The van der Waals surface area contributed by atoms with Gasteiger partial charge < -0.3 is 0 Å². The molecule has 2 aromatic carbocycles. The second-order valence-electron chi connectivity index (χ2n) is 5.06. The Morgan fingerprint density at radius 3 is 2.18 bits per heavy atom. The maximum Gasteiger partial charge on any atom is 0.230 e. The number of hydrogen-bond donors (Lipinski definition) is 0. The minimum absolute atomic E-state index is 0.0750. The summed E-state index contributed by atoms with van der Waals surface area (Å²) in [5.74, 6) is 0.524. The van der Waals surface area contributed by atoms with Crippen molar-refractivity contribution in [1.29, 1.82) is 0 Å². The second-order valence-corrected chi connectivity index (χ2v) is 5.06. The molecule has 1 heterocycles. The van der Waals surface area contributed by atoms with Gasteiger partial charge in [-0.15, -0.1) is 0 Å². The van der Waals surface area contributed by atoms with Crippen LogP contribution in [0.2, 0.25) is 0 Å². The maximum atomic E-state index is 12.2. The van der Waals surface area contributed by atoms with E-state index in [9.17, 15) is 4.79 Å². The molecule has 22 heavy (non-hydrogen) atoms. The largest absolute Gasteiger partial charge is 0.283 e. The van der Waals surface area contributed by atoms with Crippen LogP contribution in [0.3, 0.4) is 0 Å². The van der Waals surface area contributed by atoms with E-state index < -0.39 is 0 Å². The summed E-state index contributed by atoms with van der Waals surface area (Å²) in [5.41, 5.74) is 2.76. The second kappa shape index (κ2) is 5.85. The van der Waals surface area contributed by atoms with Crippen LogP contribution in [0.25, 0.3) is 5.69 Å². The molecule has 0 saturated carbocycles. The number of anilines is 2. The molecular weight excluding hydrogens is 274 g/mol. The standard InChI is InChI=1S/C18H17N3O/c1-14-13-19-18(20(14)16-9-5-3-6-10-16)21(15(2)22)17-11-7-4-8-12-17/h3-13H,1-2H3. The Labute approximate surface area is 129 Å².